The molecule has 2 atom stereocenters. The fourth-order valence-electron chi connectivity index (χ4n) is 1.07. The summed E-state index contributed by atoms with van der Waals surface area (Å²) < 4.78 is 0. The molecule has 0 amide bonds. The monoisotopic (exact) mass is 200 g/mol. The number of hydrogen-bond acceptors (Lipinski definition) is 3. The second kappa shape index (κ2) is 4.89. The average Bonchev–Trinajstić information content (AvgIpc) is 2.00. The first-order chi connectivity index (χ1) is 6.16. The zero-order valence-electron chi connectivity index (χ0n) is 10.0. The van der Waals surface area contributed by atoms with Gasteiger partial charge in [0.2, 0.25) is 0 Å². The van der Waals surface area contributed by atoms with Gasteiger partial charge in [-0.15, -0.1) is 0 Å². The minimum atomic E-state index is -0.347. The van der Waals surface area contributed by atoms with E-state index >= 15 is 0 Å². The predicted octanol–water partition coefficient (Wildman–Crippen LogP) is 1.30. The number of Topliss-reactive ketones (excluding diaryl/α,β-unsaturated/α-hetero) is 1. The number of nitrogens with two attached hydrogens (primary N) is 2. The topological polar surface area (TPSA) is 69.1 Å². The maximum Gasteiger partial charge on any atom is 0.150 e. The van der Waals surface area contributed by atoms with Crippen LogP contribution in [0.3, 0.4) is 0 Å². The van der Waals surface area contributed by atoms with Crippen molar-refractivity contribution in [3.8, 4) is 0 Å². The normalized spacial score (nSPS) is 16.9. The highest BCUT2D eigenvalue weighted by Gasteiger charge is 2.26. The molecule has 0 aliphatic heterocycles. The first kappa shape index (κ1) is 13.6. The van der Waals surface area contributed by atoms with Crippen molar-refractivity contribution in [1.82, 2.24) is 0 Å². The molecule has 3 heteroatoms. The van der Waals surface area contributed by atoms with Crippen LogP contribution in [0.4, 0.5) is 0 Å². The maximum atomic E-state index is 11.7. The zero-order valence-corrected chi connectivity index (χ0v) is 10.0. The highest BCUT2D eigenvalue weighted by Crippen LogP contribution is 2.18. The SMILES string of the molecule is CC(C)[C@H](N)C(=O)CC(C)C(C)(C)N. The van der Waals surface area contributed by atoms with Gasteiger partial charge < -0.3 is 11.5 Å². The molecule has 0 spiro atoms. The van der Waals surface area contributed by atoms with Crippen molar-refractivity contribution in [2.75, 3.05) is 0 Å². The second-order valence-corrected chi connectivity index (χ2v) is 5.16. The van der Waals surface area contributed by atoms with E-state index in [0.29, 0.717) is 6.42 Å². The first-order valence-corrected chi connectivity index (χ1v) is 5.23. The van der Waals surface area contributed by atoms with Crippen molar-refractivity contribution in [3.63, 3.8) is 0 Å². The van der Waals surface area contributed by atoms with Gasteiger partial charge in [-0.3, -0.25) is 4.79 Å². The minimum Gasteiger partial charge on any atom is -0.325 e. The van der Waals surface area contributed by atoms with Crippen LogP contribution in [0.25, 0.3) is 0 Å². The summed E-state index contributed by atoms with van der Waals surface area (Å²) in [6.07, 6.45) is 0.475. The number of hydrogen-bond donors (Lipinski definition) is 2. The van der Waals surface area contributed by atoms with Crippen molar-refractivity contribution in [2.24, 2.45) is 23.3 Å². The summed E-state index contributed by atoms with van der Waals surface area (Å²) in [4.78, 5) is 11.7. The summed E-state index contributed by atoms with van der Waals surface area (Å²) in [6, 6.07) is -0.347. The molecule has 0 aromatic carbocycles. The van der Waals surface area contributed by atoms with Crippen LogP contribution in [0.2, 0.25) is 0 Å². The van der Waals surface area contributed by atoms with Crippen LogP contribution in [0.15, 0.2) is 0 Å². The number of rotatable bonds is 5. The molecule has 4 N–H and O–H groups in total. The predicted molar refractivity (Wildman–Crippen MR) is 59.9 cm³/mol. The van der Waals surface area contributed by atoms with Gasteiger partial charge in [-0.2, -0.15) is 0 Å². The van der Waals surface area contributed by atoms with E-state index in [1.165, 1.54) is 0 Å². The molecule has 0 rings (SSSR count). The summed E-state index contributed by atoms with van der Waals surface area (Å²) in [5, 5.41) is 0. The fourth-order valence-corrected chi connectivity index (χ4v) is 1.07. The number of carbonyl (C=O) groups excluding carboxylic acids is 1. The number of ketones is 1. The molecule has 0 aromatic rings. The van der Waals surface area contributed by atoms with E-state index in [4.69, 9.17) is 11.5 Å². The largest absolute Gasteiger partial charge is 0.325 e. The summed E-state index contributed by atoms with van der Waals surface area (Å²) in [5.41, 5.74) is 11.4. The van der Waals surface area contributed by atoms with E-state index in [1.54, 1.807) is 0 Å². The first-order valence-electron chi connectivity index (χ1n) is 5.23. The Hall–Kier alpha value is -0.410. The van der Waals surface area contributed by atoms with E-state index in [1.807, 2.05) is 34.6 Å². The Morgan fingerprint density at radius 3 is 2.00 bits per heavy atom. The van der Waals surface area contributed by atoms with Gasteiger partial charge >= 0.3 is 0 Å². The van der Waals surface area contributed by atoms with Crippen LogP contribution in [-0.2, 0) is 4.79 Å². The lowest BCUT2D eigenvalue weighted by atomic mass is 9.84. The Morgan fingerprint density at radius 1 is 1.29 bits per heavy atom. The Morgan fingerprint density at radius 2 is 1.71 bits per heavy atom. The molecule has 3 nitrogen and oxygen atoms in total. The lowest BCUT2D eigenvalue weighted by molar-refractivity contribution is -0.122. The summed E-state index contributed by atoms with van der Waals surface area (Å²) in [6.45, 7) is 9.78. The van der Waals surface area contributed by atoms with Crippen LogP contribution in [0.1, 0.15) is 41.0 Å². The molecule has 84 valence electrons. The molecular weight excluding hydrogens is 176 g/mol. The van der Waals surface area contributed by atoms with Crippen molar-refractivity contribution >= 4 is 5.78 Å². The molecule has 0 saturated carbocycles. The molecule has 0 bridgehead atoms. The van der Waals surface area contributed by atoms with Gasteiger partial charge in [-0.05, 0) is 25.7 Å². The van der Waals surface area contributed by atoms with Crippen molar-refractivity contribution < 1.29 is 4.79 Å². The second-order valence-electron chi connectivity index (χ2n) is 5.16. The van der Waals surface area contributed by atoms with Crippen LogP contribution >= 0.6 is 0 Å². The Kier molecular flexibility index (Phi) is 4.75. The third-order valence-electron chi connectivity index (χ3n) is 2.87. The van der Waals surface area contributed by atoms with Crippen molar-refractivity contribution in [1.29, 1.82) is 0 Å². The molecule has 0 saturated heterocycles. The van der Waals surface area contributed by atoms with E-state index in [9.17, 15) is 4.79 Å². The van der Waals surface area contributed by atoms with Gasteiger partial charge in [0.05, 0.1) is 6.04 Å². The van der Waals surface area contributed by atoms with Gasteiger partial charge in [0.1, 0.15) is 5.78 Å². The van der Waals surface area contributed by atoms with E-state index < -0.39 is 0 Å². The Labute approximate surface area is 87.2 Å². The van der Waals surface area contributed by atoms with Gasteiger partial charge in [0.15, 0.2) is 0 Å². The van der Waals surface area contributed by atoms with Crippen LogP contribution < -0.4 is 11.5 Å². The quantitative estimate of drug-likeness (QED) is 0.703. The zero-order chi connectivity index (χ0) is 11.5. The summed E-state index contributed by atoms with van der Waals surface area (Å²) in [5.74, 6) is 0.487. The molecule has 0 radical (unpaired) electrons. The van der Waals surface area contributed by atoms with Crippen molar-refractivity contribution in [3.05, 3.63) is 0 Å². The van der Waals surface area contributed by atoms with Gasteiger partial charge in [0.25, 0.3) is 0 Å². The van der Waals surface area contributed by atoms with Crippen LogP contribution in [-0.4, -0.2) is 17.4 Å². The van der Waals surface area contributed by atoms with E-state index in [2.05, 4.69) is 0 Å². The molecule has 0 aromatic heterocycles. The van der Waals surface area contributed by atoms with Gasteiger partial charge in [-0.25, -0.2) is 0 Å². The molecular formula is C11H24N2O. The lowest BCUT2D eigenvalue weighted by Crippen LogP contribution is -2.43. The van der Waals surface area contributed by atoms with Crippen LogP contribution in [0, 0.1) is 11.8 Å². The molecule has 14 heavy (non-hydrogen) atoms. The highest BCUT2D eigenvalue weighted by atomic mass is 16.1. The van der Waals surface area contributed by atoms with E-state index in [0.717, 1.165) is 0 Å². The third kappa shape index (κ3) is 4.20. The lowest BCUT2D eigenvalue weighted by Gasteiger charge is -2.28. The molecule has 0 aliphatic carbocycles. The Balaban J connectivity index is 4.20. The Bertz CT molecular complexity index is 194. The van der Waals surface area contributed by atoms with Gasteiger partial charge in [-0.1, -0.05) is 20.8 Å². The molecule has 0 heterocycles. The standard InChI is InChI=1S/C11H24N2O/c1-7(2)10(12)9(14)6-8(3)11(4,5)13/h7-8,10H,6,12-13H2,1-5H3/t8?,10-/m0/s1. The van der Waals surface area contributed by atoms with Crippen LogP contribution in [0.5, 0.6) is 0 Å². The van der Waals surface area contributed by atoms with E-state index in [-0.39, 0.29) is 29.2 Å². The fraction of sp³-hybridized carbons (Fsp3) is 0.909. The molecule has 1 unspecified atom stereocenters. The summed E-state index contributed by atoms with van der Waals surface area (Å²) in [7, 11) is 0. The molecule has 0 fully saturated rings. The number of carbonyl (C=O) groups is 1. The third-order valence-corrected chi connectivity index (χ3v) is 2.87. The van der Waals surface area contributed by atoms with Gasteiger partial charge in [0, 0.05) is 12.0 Å². The average molecular weight is 200 g/mol. The maximum absolute atomic E-state index is 11.7. The highest BCUT2D eigenvalue weighted by molar-refractivity contribution is 5.84. The van der Waals surface area contributed by atoms with Crippen molar-refractivity contribution in [2.45, 2.75) is 52.6 Å². The summed E-state index contributed by atoms with van der Waals surface area (Å²) >= 11 is 0. The minimum absolute atomic E-state index is 0.117. The smallest absolute Gasteiger partial charge is 0.150 e. The molecule has 0 aliphatic rings.